The minimum atomic E-state index is 0.715. The summed E-state index contributed by atoms with van der Waals surface area (Å²) >= 11 is 3.45. The molecule has 0 aliphatic heterocycles. The number of para-hydroxylation sites is 1. The van der Waals surface area contributed by atoms with Crippen LogP contribution < -0.4 is 10.1 Å². The Hall–Kier alpha value is -1.55. The molecule has 0 unspecified atom stereocenters. The van der Waals surface area contributed by atoms with Crippen LogP contribution in [0.15, 0.2) is 47.2 Å². The van der Waals surface area contributed by atoms with Gasteiger partial charge in [0.15, 0.2) is 0 Å². The third-order valence-corrected chi connectivity index (χ3v) is 3.07. The minimum absolute atomic E-state index is 0.715. The highest BCUT2D eigenvalue weighted by Crippen LogP contribution is 2.23. The number of nitrogens with one attached hydrogen (secondary N) is 1. The number of hydrogen-bond donors (Lipinski definition) is 1. The lowest BCUT2D eigenvalue weighted by molar-refractivity contribution is 0.410. The van der Waals surface area contributed by atoms with Gasteiger partial charge >= 0.3 is 0 Å². The van der Waals surface area contributed by atoms with E-state index in [9.17, 15) is 0 Å². The maximum absolute atomic E-state index is 5.30. The standard InChI is InChI=1S/C13H13BrN2O/c1-17-13-5-3-2-4-10(13)8-16-12-6-7-15-9-11(12)14/h2-7,9H,8H2,1H3,(H,15,16). The zero-order valence-electron chi connectivity index (χ0n) is 9.48. The highest BCUT2D eigenvalue weighted by molar-refractivity contribution is 9.10. The molecule has 0 aliphatic carbocycles. The second-order valence-corrected chi connectivity index (χ2v) is 4.38. The molecule has 0 amide bonds. The molecule has 2 aromatic rings. The van der Waals surface area contributed by atoms with Crippen molar-refractivity contribution in [3.8, 4) is 5.75 Å². The quantitative estimate of drug-likeness (QED) is 0.937. The van der Waals surface area contributed by atoms with E-state index >= 15 is 0 Å². The number of methoxy groups -OCH3 is 1. The predicted molar refractivity (Wildman–Crippen MR) is 72.3 cm³/mol. The maximum Gasteiger partial charge on any atom is 0.123 e. The Balaban J connectivity index is 2.10. The largest absolute Gasteiger partial charge is 0.496 e. The van der Waals surface area contributed by atoms with Crippen molar-refractivity contribution in [2.45, 2.75) is 6.54 Å². The van der Waals surface area contributed by atoms with Crippen molar-refractivity contribution in [3.63, 3.8) is 0 Å². The molecule has 0 aliphatic rings. The van der Waals surface area contributed by atoms with Crippen molar-refractivity contribution >= 4 is 21.6 Å². The van der Waals surface area contributed by atoms with Crippen LogP contribution in [0.3, 0.4) is 0 Å². The lowest BCUT2D eigenvalue weighted by Crippen LogP contribution is -2.02. The number of rotatable bonds is 4. The summed E-state index contributed by atoms with van der Waals surface area (Å²) in [6, 6.07) is 9.89. The Bertz CT molecular complexity index is 502. The fourth-order valence-corrected chi connectivity index (χ4v) is 1.95. The fraction of sp³-hybridized carbons (Fsp3) is 0.154. The molecular weight excluding hydrogens is 280 g/mol. The fourth-order valence-electron chi connectivity index (χ4n) is 1.56. The molecule has 1 N–H and O–H groups in total. The van der Waals surface area contributed by atoms with E-state index < -0.39 is 0 Å². The van der Waals surface area contributed by atoms with Crippen LogP contribution in [0, 0.1) is 0 Å². The summed E-state index contributed by atoms with van der Waals surface area (Å²) in [5.41, 5.74) is 2.14. The van der Waals surface area contributed by atoms with Gasteiger partial charge in [0.2, 0.25) is 0 Å². The molecule has 0 saturated carbocycles. The molecule has 17 heavy (non-hydrogen) atoms. The van der Waals surface area contributed by atoms with Gasteiger partial charge < -0.3 is 10.1 Å². The predicted octanol–water partition coefficient (Wildman–Crippen LogP) is 3.46. The van der Waals surface area contributed by atoms with Crippen LogP contribution in [-0.2, 0) is 6.54 Å². The van der Waals surface area contributed by atoms with Gasteiger partial charge in [0.05, 0.1) is 17.3 Å². The minimum Gasteiger partial charge on any atom is -0.496 e. The normalized spacial score (nSPS) is 10.0. The monoisotopic (exact) mass is 292 g/mol. The van der Waals surface area contributed by atoms with E-state index in [2.05, 4.69) is 26.2 Å². The van der Waals surface area contributed by atoms with Gasteiger partial charge in [-0.2, -0.15) is 0 Å². The molecule has 0 atom stereocenters. The van der Waals surface area contributed by atoms with Crippen LogP contribution in [0.5, 0.6) is 5.75 Å². The summed E-state index contributed by atoms with van der Waals surface area (Å²) in [5.74, 6) is 0.894. The average molecular weight is 293 g/mol. The van der Waals surface area contributed by atoms with Gasteiger partial charge in [0.25, 0.3) is 0 Å². The number of ether oxygens (including phenoxy) is 1. The highest BCUT2D eigenvalue weighted by atomic mass is 79.9. The van der Waals surface area contributed by atoms with Crippen LogP contribution in [0.2, 0.25) is 0 Å². The van der Waals surface area contributed by atoms with E-state index in [-0.39, 0.29) is 0 Å². The molecular formula is C13H13BrN2O. The molecule has 4 heteroatoms. The van der Waals surface area contributed by atoms with Crippen LogP contribution in [0.25, 0.3) is 0 Å². The number of hydrogen-bond acceptors (Lipinski definition) is 3. The molecule has 3 nitrogen and oxygen atoms in total. The summed E-state index contributed by atoms with van der Waals surface area (Å²) in [4.78, 5) is 4.02. The van der Waals surface area contributed by atoms with Gasteiger partial charge in [0, 0.05) is 24.5 Å². The van der Waals surface area contributed by atoms with Crippen LogP contribution in [0.4, 0.5) is 5.69 Å². The summed E-state index contributed by atoms with van der Waals surface area (Å²) in [6.45, 7) is 0.715. The number of benzene rings is 1. The molecule has 0 bridgehead atoms. The molecule has 0 saturated heterocycles. The van der Waals surface area contributed by atoms with Crippen molar-refractivity contribution in [2.75, 3.05) is 12.4 Å². The van der Waals surface area contributed by atoms with E-state index in [1.807, 2.05) is 30.3 Å². The molecule has 0 radical (unpaired) electrons. The van der Waals surface area contributed by atoms with E-state index in [0.29, 0.717) is 6.54 Å². The first kappa shape index (κ1) is 11.9. The van der Waals surface area contributed by atoms with Gasteiger partial charge in [-0.25, -0.2) is 0 Å². The first-order valence-corrected chi connectivity index (χ1v) is 6.06. The van der Waals surface area contributed by atoms with Crippen molar-refractivity contribution in [2.24, 2.45) is 0 Å². The van der Waals surface area contributed by atoms with Gasteiger partial charge in [-0.05, 0) is 28.1 Å². The van der Waals surface area contributed by atoms with Gasteiger partial charge in [0.1, 0.15) is 5.75 Å². The Morgan fingerprint density at radius 3 is 2.88 bits per heavy atom. The van der Waals surface area contributed by atoms with Crippen LogP contribution in [-0.4, -0.2) is 12.1 Å². The average Bonchev–Trinajstić information content (AvgIpc) is 2.38. The Labute approximate surface area is 109 Å². The third kappa shape index (κ3) is 2.97. The highest BCUT2D eigenvalue weighted by Gasteiger charge is 2.02. The number of nitrogens with zero attached hydrogens (tertiary/aromatic N) is 1. The molecule has 2 rings (SSSR count). The summed E-state index contributed by atoms with van der Waals surface area (Å²) in [7, 11) is 1.68. The first-order chi connectivity index (χ1) is 8.31. The topological polar surface area (TPSA) is 34.1 Å². The van der Waals surface area contributed by atoms with Gasteiger partial charge in [-0.15, -0.1) is 0 Å². The lowest BCUT2D eigenvalue weighted by Gasteiger charge is -2.11. The summed E-state index contributed by atoms with van der Waals surface area (Å²) in [5, 5.41) is 3.34. The Morgan fingerprint density at radius 1 is 1.29 bits per heavy atom. The maximum atomic E-state index is 5.30. The van der Waals surface area contributed by atoms with Crippen molar-refractivity contribution in [1.29, 1.82) is 0 Å². The third-order valence-electron chi connectivity index (χ3n) is 2.43. The van der Waals surface area contributed by atoms with Crippen molar-refractivity contribution in [3.05, 3.63) is 52.8 Å². The second-order valence-electron chi connectivity index (χ2n) is 3.52. The molecule has 0 spiro atoms. The molecule has 0 fully saturated rings. The van der Waals surface area contributed by atoms with E-state index in [1.54, 1.807) is 19.5 Å². The second kappa shape index (κ2) is 5.68. The number of halogens is 1. The number of pyridine rings is 1. The van der Waals surface area contributed by atoms with Gasteiger partial charge in [-0.3, -0.25) is 4.98 Å². The zero-order valence-corrected chi connectivity index (χ0v) is 11.1. The smallest absolute Gasteiger partial charge is 0.123 e. The molecule has 1 aromatic carbocycles. The van der Waals surface area contributed by atoms with E-state index in [1.165, 1.54) is 0 Å². The molecule has 1 heterocycles. The summed E-state index contributed by atoms with van der Waals surface area (Å²) < 4.78 is 6.25. The number of anilines is 1. The SMILES string of the molecule is COc1ccccc1CNc1ccncc1Br. The number of aromatic nitrogens is 1. The first-order valence-electron chi connectivity index (χ1n) is 5.26. The van der Waals surface area contributed by atoms with Crippen LogP contribution >= 0.6 is 15.9 Å². The van der Waals surface area contributed by atoms with Crippen LogP contribution in [0.1, 0.15) is 5.56 Å². The molecule has 1 aromatic heterocycles. The Morgan fingerprint density at radius 2 is 2.12 bits per heavy atom. The summed E-state index contributed by atoms with van der Waals surface area (Å²) in [6.07, 6.45) is 3.53. The Kier molecular flexibility index (Phi) is 3.98. The van der Waals surface area contributed by atoms with E-state index in [0.717, 1.165) is 21.5 Å². The molecule has 88 valence electrons. The van der Waals surface area contributed by atoms with Crippen molar-refractivity contribution < 1.29 is 4.74 Å². The van der Waals surface area contributed by atoms with E-state index in [4.69, 9.17) is 4.74 Å². The zero-order chi connectivity index (χ0) is 12.1. The van der Waals surface area contributed by atoms with Crippen molar-refractivity contribution in [1.82, 2.24) is 4.98 Å². The van der Waals surface area contributed by atoms with Gasteiger partial charge in [-0.1, -0.05) is 18.2 Å². The lowest BCUT2D eigenvalue weighted by atomic mass is 10.2.